The number of hydrogen-bond acceptors (Lipinski definition) is 6. The predicted molar refractivity (Wildman–Crippen MR) is 94.2 cm³/mol. The van der Waals surface area contributed by atoms with Gasteiger partial charge in [0.15, 0.2) is 0 Å². The van der Waals surface area contributed by atoms with Crippen LogP contribution >= 0.6 is 0 Å². The number of benzene rings is 1. The highest BCUT2D eigenvalue weighted by Gasteiger charge is 2.49. The molecule has 1 aliphatic carbocycles. The van der Waals surface area contributed by atoms with Gasteiger partial charge < -0.3 is 20.1 Å². The van der Waals surface area contributed by atoms with Crippen molar-refractivity contribution >= 4 is 0 Å². The molecule has 2 aliphatic rings. The molecule has 4 rings (SSSR count). The van der Waals surface area contributed by atoms with Crippen molar-refractivity contribution in [3.8, 4) is 11.3 Å². The van der Waals surface area contributed by atoms with Crippen LogP contribution in [0.5, 0.6) is 0 Å². The summed E-state index contributed by atoms with van der Waals surface area (Å²) >= 11 is 0. The molecule has 7 nitrogen and oxygen atoms in total. The molecule has 140 valence electrons. The fourth-order valence-electron chi connectivity index (χ4n) is 4.32. The molecule has 0 unspecified atom stereocenters. The Morgan fingerprint density at radius 1 is 1.12 bits per heavy atom. The van der Waals surface area contributed by atoms with Crippen LogP contribution < -0.4 is 0 Å². The second-order valence-corrected chi connectivity index (χ2v) is 7.57. The third kappa shape index (κ3) is 3.16. The van der Waals surface area contributed by atoms with Crippen LogP contribution in [0, 0.1) is 5.41 Å². The smallest absolute Gasteiger partial charge is 0.113 e. The molecule has 1 aromatic carbocycles. The van der Waals surface area contributed by atoms with E-state index in [0.717, 1.165) is 30.5 Å². The first kappa shape index (κ1) is 17.6. The van der Waals surface area contributed by atoms with Crippen LogP contribution in [0.25, 0.3) is 11.3 Å². The normalized spacial score (nSPS) is 35.3. The molecule has 2 aromatic rings. The van der Waals surface area contributed by atoms with Gasteiger partial charge in [-0.05, 0) is 19.3 Å². The average molecular weight is 359 g/mol. The van der Waals surface area contributed by atoms with Gasteiger partial charge in [0.25, 0.3) is 0 Å². The van der Waals surface area contributed by atoms with Gasteiger partial charge in [-0.2, -0.15) is 0 Å². The fourth-order valence-corrected chi connectivity index (χ4v) is 4.32. The molecule has 1 aliphatic heterocycles. The maximum atomic E-state index is 11.1. The van der Waals surface area contributed by atoms with Gasteiger partial charge in [-0.15, -0.1) is 5.10 Å². The molecule has 1 saturated heterocycles. The van der Waals surface area contributed by atoms with Gasteiger partial charge in [0.1, 0.15) is 11.8 Å². The molecule has 26 heavy (non-hydrogen) atoms. The molecule has 7 heteroatoms. The quantitative estimate of drug-likeness (QED) is 0.744. The summed E-state index contributed by atoms with van der Waals surface area (Å²) in [7, 11) is 0. The van der Waals surface area contributed by atoms with E-state index in [1.807, 2.05) is 36.5 Å². The molecule has 1 spiro atoms. The lowest BCUT2D eigenvalue weighted by atomic mass is 9.67. The average Bonchev–Trinajstić information content (AvgIpc) is 3.09. The highest BCUT2D eigenvalue weighted by Crippen LogP contribution is 2.46. The molecular formula is C19H25N3O4. The molecule has 0 amide bonds. The monoisotopic (exact) mass is 359 g/mol. The molecule has 0 radical (unpaired) electrons. The Hall–Kier alpha value is -1.80. The van der Waals surface area contributed by atoms with Gasteiger partial charge in [0.05, 0.1) is 37.7 Å². The van der Waals surface area contributed by atoms with Gasteiger partial charge in [0.2, 0.25) is 0 Å². The predicted octanol–water partition coefficient (Wildman–Crippen LogP) is 1.16. The molecule has 0 bridgehead atoms. The summed E-state index contributed by atoms with van der Waals surface area (Å²) in [4.78, 5) is 0. The SMILES string of the molecule is O[C@@H]1COC[C@@]2(CCC[C@@H](n3cc(-c4ccccc4)nn3)[C@@H]2O)C[C@@H]1O. The summed E-state index contributed by atoms with van der Waals surface area (Å²) in [6.07, 6.45) is 2.13. The van der Waals surface area contributed by atoms with E-state index in [9.17, 15) is 15.3 Å². The van der Waals surface area contributed by atoms with Crippen molar-refractivity contribution < 1.29 is 20.1 Å². The minimum absolute atomic E-state index is 0.0990. The summed E-state index contributed by atoms with van der Waals surface area (Å²) in [5.41, 5.74) is 1.18. The zero-order chi connectivity index (χ0) is 18.1. The standard InChI is InChI=1S/C19H25N3O4/c23-16-9-19(12-26-11-17(16)24)8-4-7-15(18(19)25)22-10-14(20-21-22)13-5-2-1-3-6-13/h1-3,5-6,10,15-18,23-25H,4,7-9,11-12H2/t15-,16+,17-,18+,19-/m1/s1. The van der Waals surface area contributed by atoms with Crippen molar-refractivity contribution in [3.05, 3.63) is 36.5 Å². The molecular weight excluding hydrogens is 334 g/mol. The third-order valence-corrected chi connectivity index (χ3v) is 5.82. The molecule has 2 fully saturated rings. The fraction of sp³-hybridized carbons (Fsp3) is 0.579. The number of aliphatic hydroxyl groups excluding tert-OH is 3. The van der Waals surface area contributed by atoms with E-state index in [1.165, 1.54) is 0 Å². The Morgan fingerprint density at radius 2 is 1.92 bits per heavy atom. The van der Waals surface area contributed by atoms with Crippen molar-refractivity contribution in [2.24, 2.45) is 5.41 Å². The van der Waals surface area contributed by atoms with Crippen molar-refractivity contribution in [2.75, 3.05) is 13.2 Å². The molecule has 3 N–H and O–H groups in total. The maximum Gasteiger partial charge on any atom is 0.113 e. The van der Waals surface area contributed by atoms with E-state index < -0.39 is 23.7 Å². The lowest BCUT2D eigenvalue weighted by molar-refractivity contribution is -0.0979. The summed E-state index contributed by atoms with van der Waals surface area (Å²) < 4.78 is 7.32. The molecule has 2 heterocycles. The molecule has 1 aromatic heterocycles. The Morgan fingerprint density at radius 3 is 2.73 bits per heavy atom. The first-order valence-corrected chi connectivity index (χ1v) is 9.18. The van der Waals surface area contributed by atoms with Gasteiger partial charge in [-0.3, -0.25) is 0 Å². The van der Waals surface area contributed by atoms with E-state index >= 15 is 0 Å². The van der Waals surface area contributed by atoms with Crippen molar-refractivity contribution in [1.29, 1.82) is 0 Å². The number of ether oxygens (including phenoxy) is 1. The Balaban J connectivity index is 1.59. The van der Waals surface area contributed by atoms with E-state index in [2.05, 4.69) is 10.3 Å². The van der Waals surface area contributed by atoms with Crippen LogP contribution in [0.4, 0.5) is 0 Å². The number of nitrogens with zero attached hydrogens (tertiary/aromatic N) is 3. The van der Waals surface area contributed by atoms with Gasteiger partial charge in [-0.1, -0.05) is 42.0 Å². The largest absolute Gasteiger partial charge is 0.390 e. The highest BCUT2D eigenvalue weighted by atomic mass is 16.5. The second kappa shape index (κ2) is 7.08. The zero-order valence-corrected chi connectivity index (χ0v) is 14.6. The van der Waals surface area contributed by atoms with Crippen molar-refractivity contribution in [2.45, 2.75) is 50.0 Å². The van der Waals surface area contributed by atoms with Gasteiger partial charge in [-0.25, -0.2) is 4.68 Å². The van der Waals surface area contributed by atoms with Crippen LogP contribution in [-0.2, 0) is 4.74 Å². The van der Waals surface area contributed by atoms with Crippen LogP contribution in [0.15, 0.2) is 36.5 Å². The van der Waals surface area contributed by atoms with Gasteiger partial charge >= 0.3 is 0 Å². The summed E-state index contributed by atoms with van der Waals surface area (Å²) in [5.74, 6) is 0. The lowest BCUT2D eigenvalue weighted by Gasteiger charge is -2.45. The van der Waals surface area contributed by atoms with E-state index in [4.69, 9.17) is 4.74 Å². The highest BCUT2D eigenvalue weighted by molar-refractivity contribution is 5.57. The van der Waals surface area contributed by atoms with E-state index in [-0.39, 0.29) is 12.6 Å². The summed E-state index contributed by atoms with van der Waals surface area (Å²) in [5, 5.41) is 39.8. The molecule has 1 saturated carbocycles. The van der Waals surface area contributed by atoms with E-state index in [1.54, 1.807) is 4.68 Å². The van der Waals surface area contributed by atoms with E-state index in [0.29, 0.717) is 13.0 Å². The maximum absolute atomic E-state index is 11.1. The zero-order valence-electron chi connectivity index (χ0n) is 14.6. The summed E-state index contributed by atoms with van der Waals surface area (Å²) in [6.45, 7) is 0.431. The Labute approximate surface area is 152 Å². The van der Waals surface area contributed by atoms with Crippen LogP contribution in [0.3, 0.4) is 0 Å². The first-order chi connectivity index (χ1) is 12.6. The van der Waals surface area contributed by atoms with Crippen LogP contribution in [0.1, 0.15) is 31.7 Å². The number of hydrogen-bond donors (Lipinski definition) is 3. The lowest BCUT2D eigenvalue weighted by Crippen LogP contribution is -2.49. The minimum atomic E-state index is -0.905. The number of aliphatic hydroxyl groups is 3. The topological polar surface area (TPSA) is 101 Å². The van der Waals surface area contributed by atoms with Crippen LogP contribution in [0.2, 0.25) is 0 Å². The van der Waals surface area contributed by atoms with Crippen molar-refractivity contribution in [3.63, 3.8) is 0 Å². The number of aromatic nitrogens is 3. The Kier molecular flexibility index (Phi) is 4.79. The molecule has 5 atom stereocenters. The number of rotatable bonds is 2. The third-order valence-electron chi connectivity index (χ3n) is 5.82. The van der Waals surface area contributed by atoms with Gasteiger partial charge in [0, 0.05) is 11.0 Å². The first-order valence-electron chi connectivity index (χ1n) is 9.18. The van der Waals surface area contributed by atoms with Crippen LogP contribution in [-0.4, -0.2) is 61.8 Å². The minimum Gasteiger partial charge on any atom is -0.390 e. The van der Waals surface area contributed by atoms with Crippen molar-refractivity contribution in [1.82, 2.24) is 15.0 Å². The Bertz CT molecular complexity index is 737. The second-order valence-electron chi connectivity index (χ2n) is 7.57. The summed E-state index contributed by atoms with van der Waals surface area (Å²) in [6, 6.07) is 9.59.